The van der Waals surface area contributed by atoms with Gasteiger partial charge in [-0.3, -0.25) is 9.78 Å². The molecule has 0 aliphatic carbocycles. The van der Waals surface area contributed by atoms with Crippen molar-refractivity contribution in [3.63, 3.8) is 0 Å². The van der Waals surface area contributed by atoms with Gasteiger partial charge in [-0.15, -0.1) is 0 Å². The van der Waals surface area contributed by atoms with E-state index in [1.54, 1.807) is 0 Å². The van der Waals surface area contributed by atoms with E-state index in [0.717, 1.165) is 0 Å². The molecular weight excluding hydrogens is 261 g/mol. The van der Waals surface area contributed by atoms with E-state index in [-0.39, 0.29) is 5.69 Å². The molecule has 0 fully saturated rings. The van der Waals surface area contributed by atoms with Crippen molar-refractivity contribution < 1.29 is 18.0 Å². The molecule has 1 atom stereocenters. The molecule has 0 radical (unpaired) electrons. The number of nitrogens with one attached hydrogen (secondary N) is 2. The second-order valence-electron chi connectivity index (χ2n) is 4.01. The molecule has 5 nitrogen and oxygen atoms in total. The van der Waals surface area contributed by atoms with Crippen molar-refractivity contribution in [1.82, 2.24) is 15.3 Å². The van der Waals surface area contributed by atoms with Crippen molar-refractivity contribution in [2.24, 2.45) is 0 Å². The molecule has 19 heavy (non-hydrogen) atoms. The molecule has 1 amide bonds. The number of rotatable bonds is 5. The Hall–Kier alpha value is -1.86. The Balaban J connectivity index is 2.65. The van der Waals surface area contributed by atoms with E-state index in [9.17, 15) is 18.0 Å². The lowest BCUT2D eigenvalue weighted by atomic mass is 10.2. The van der Waals surface area contributed by atoms with Gasteiger partial charge in [0.25, 0.3) is 5.91 Å². The number of amides is 1. The quantitative estimate of drug-likeness (QED) is 0.863. The number of carbonyl (C=O) groups excluding carboxylic acids is 1. The monoisotopic (exact) mass is 276 g/mol. The third-order valence-electron chi connectivity index (χ3n) is 2.14. The van der Waals surface area contributed by atoms with Gasteiger partial charge in [0.15, 0.2) is 0 Å². The SMILES string of the molecule is CCNc1cncc(C(=O)NC(C)CC(F)(F)F)n1. The van der Waals surface area contributed by atoms with Crippen molar-refractivity contribution in [1.29, 1.82) is 0 Å². The maximum atomic E-state index is 12.1. The second kappa shape index (κ2) is 6.35. The Morgan fingerprint density at radius 3 is 2.68 bits per heavy atom. The predicted octanol–water partition coefficient (Wildman–Crippen LogP) is 1.98. The molecule has 0 saturated carbocycles. The van der Waals surface area contributed by atoms with Crippen LogP contribution in [0.3, 0.4) is 0 Å². The van der Waals surface area contributed by atoms with Crippen LogP contribution in [-0.4, -0.2) is 34.6 Å². The Kier molecular flexibility index (Phi) is 5.08. The van der Waals surface area contributed by atoms with E-state index >= 15 is 0 Å². The summed E-state index contributed by atoms with van der Waals surface area (Å²) in [6.07, 6.45) is -2.76. The summed E-state index contributed by atoms with van der Waals surface area (Å²) in [5.74, 6) is -0.275. The maximum absolute atomic E-state index is 12.1. The third-order valence-corrected chi connectivity index (χ3v) is 2.14. The fourth-order valence-electron chi connectivity index (χ4n) is 1.44. The summed E-state index contributed by atoms with van der Waals surface area (Å²) in [6, 6.07) is -1.02. The Labute approximate surface area is 108 Å². The van der Waals surface area contributed by atoms with Crippen LogP contribution in [0.5, 0.6) is 0 Å². The van der Waals surface area contributed by atoms with Crippen LogP contribution in [0, 0.1) is 0 Å². The summed E-state index contributed by atoms with van der Waals surface area (Å²) in [7, 11) is 0. The smallest absolute Gasteiger partial charge is 0.369 e. The number of nitrogens with zero attached hydrogens (tertiary/aromatic N) is 2. The molecule has 0 saturated heterocycles. The van der Waals surface area contributed by atoms with Gasteiger partial charge in [-0.2, -0.15) is 13.2 Å². The van der Waals surface area contributed by atoms with E-state index in [1.807, 2.05) is 6.92 Å². The molecular formula is C11H15F3N4O. The fraction of sp³-hybridized carbons (Fsp3) is 0.545. The third kappa shape index (κ3) is 5.54. The van der Waals surface area contributed by atoms with Crippen LogP contribution < -0.4 is 10.6 Å². The fourth-order valence-corrected chi connectivity index (χ4v) is 1.44. The minimum Gasteiger partial charge on any atom is -0.369 e. The highest BCUT2D eigenvalue weighted by Gasteiger charge is 2.30. The summed E-state index contributed by atoms with van der Waals surface area (Å²) in [5, 5.41) is 5.09. The Morgan fingerprint density at radius 2 is 2.11 bits per heavy atom. The molecule has 1 aromatic heterocycles. The van der Waals surface area contributed by atoms with Crippen LogP contribution in [0.2, 0.25) is 0 Å². The van der Waals surface area contributed by atoms with E-state index in [2.05, 4.69) is 20.6 Å². The van der Waals surface area contributed by atoms with E-state index in [1.165, 1.54) is 19.3 Å². The summed E-state index contributed by atoms with van der Waals surface area (Å²) in [6.45, 7) is 3.73. The lowest BCUT2D eigenvalue weighted by Crippen LogP contribution is -2.36. The average molecular weight is 276 g/mol. The first-order chi connectivity index (χ1) is 8.81. The van der Waals surface area contributed by atoms with Crippen LogP contribution in [0.15, 0.2) is 12.4 Å². The lowest BCUT2D eigenvalue weighted by Gasteiger charge is -2.15. The average Bonchev–Trinajstić information content (AvgIpc) is 2.27. The number of halogens is 3. The lowest BCUT2D eigenvalue weighted by molar-refractivity contribution is -0.138. The first kappa shape index (κ1) is 15.2. The van der Waals surface area contributed by atoms with Gasteiger partial charge in [-0.05, 0) is 13.8 Å². The van der Waals surface area contributed by atoms with E-state index in [0.29, 0.717) is 12.4 Å². The van der Waals surface area contributed by atoms with Gasteiger partial charge >= 0.3 is 6.18 Å². The first-order valence-corrected chi connectivity index (χ1v) is 5.75. The van der Waals surface area contributed by atoms with Gasteiger partial charge in [-0.25, -0.2) is 4.98 Å². The zero-order valence-electron chi connectivity index (χ0n) is 10.6. The topological polar surface area (TPSA) is 66.9 Å². The summed E-state index contributed by atoms with van der Waals surface area (Å²) in [4.78, 5) is 19.4. The molecule has 0 aliphatic heterocycles. The molecule has 8 heteroatoms. The van der Waals surface area contributed by atoms with Gasteiger partial charge in [-0.1, -0.05) is 0 Å². The molecule has 0 aromatic carbocycles. The maximum Gasteiger partial charge on any atom is 0.391 e. The van der Waals surface area contributed by atoms with Gasteiger partial charge in [0, 0.05) is 12.6 Å². The van der Waals surface area contributed by atoms with Gasteiger partial charge in [0.2, 0.25) is 0 Å². The Morgan fingerprint density at radius 1 is 1.42 bits per heavy atom. The van der Waals surface area contributed by atoms with Crippen LogP contribution >= 0.6 is 0 Å². The molecule has 0 aliphatic rings. The van der Waals surface area contributed by atoms with Crippen LogP contribution in [0.25, 0.3) is 0 Å². The molecule has 1 heterocycles. The Bertz CT molecular complexity index is 436. The second-order valence-corrected chi connectivity index (χ2v) is 4.01. The zero-order chi connectivity index (χ0) is 14.5. The summed E-state index contributed by atoms with van der Waals surface area (Å²) >= 11 is 0. The minimum absolute atomic E-state index is 0.0209. The van der Waals surface area contributed by atoms with Crippen molar-refractivity contribution in [2.45, 2.75) is 32.5 Å². The number of anilines is 1. The van der Waals surface area contributed by atoms with E-state index in [4.69, 9.17) is 0 Å². The zero-order valence-corrected chi connectivity index (χ0v) is 10.6. The standard InChI is InChI=1S/C11H15F3N4O/c1-3-16-9-6-15-5-8(18-9)10(19)17-7(2)4-11(12,13)14/h5-7H,3-4H2,1-2H3,(H,16,18)(H,17,19). The largest absolute Gasteiger partial charge is 0.391 e. The van der Waals surface area contributed by atoms with E-state index < -0.39 is 24.5 Å². The molecule has 0 bridgehead atoms. The molecule has 2 N–H and O–H groups in total. The van der Waals surface area contributed by atoms with Crippen LogP contribution in [0.1, 0.15) is 30.8 Å². The van der Waals surface area contributed by atoms with Crippen molar-refractivity contribution >= 4 is 11.7 Å². The minimum atomic E-state index is -4.32. The highest BCUT2D eigenvalue weighted by atomic mass is 19.4. The summed E-state index contributed by atoms with van der Waals surface area (Å²) in [5.41, 5.74) is -0.0209. The highest BCUT2D eigenvalue weighted by molar-refractivity contribution is 5.92. The highest BCUT2D eigenvalue weighted by Crippen LogP contribution is 2.21. The molecule has 1 rings (SSSR count). The number of carbonyl (C=O) groups is 1. The number of aromatic nitrogens is 2. The number of hydrogen-bond donors (Lipinski definition) is 2. The van der Waals surface area contributed by atoms with Gasteiger partial charge in [0.05, 0.1) is 18.8 Å². The van der Waals surface area contributed by atoms with Crippen molar-refractivity contribution in [2.75, 3.05) is 11.9 Å². The molecule has 106 valence electrons. The van der Waals surface area contributed by atoms with Crippen molar-refractivity contribution in [3.05, 3.63) is 18.1 Å². The normalized spacial score (nSPS) is 12.9. The van der Waals surface area contributed by atoms with Crippen LogP contribution in [-0.2, 0) is 0 Å². The molecule has 1 unspecified atom stereocenters. The van der Waals surface area contributed by atoms with Gasteiger partial charge in [0.1, 0.15) is 11.5 Å². The predicted molar refractivity (Wildman–Crippen MR) is 63.8 cm³/mol. The van der Waals surface area contributed by atoms with Crippen molar-refractivity contribution in [3.8, 4) is 0 Å². The molecule has 0 spiro atoms. The van der Waals surface area contributed by atoms with Gasteiger partial charge < -0.3 is 10.6 Å². The number of hydrogen-bond acceptors (Lipinski definition) is 4. The summed E-state index contributed by atoms with van der Waals surface area (Å²) < 4.78 is 36.4. The first-order valence-electron chi connectivity index (χ1n) is 5.75. The van der Waals surface area contributed by atoms with Crippen LogP contribution in [0.4, 0.5) is 19.0 Å². The number of alkyl halides is 3. The molecule has 1 aromatic rings.